The van der Waals surface area contributed by atoms with E-state index in [2.05, 4.69) is 34.4 Å². The summed E-state index contributed by atoms with van der Waals surface area (Å²) in [6.07, 6.45) is -0.379. The first-order valence-corrected chi connectivity index (χ1v) is 13.1. The van der Waals surface area contributed by atoms with Gasteiger partial charge < -0.3 is 24.8 Å². The fraction of sp³-hybridized carbons (Fsp3) is 0.407. The highest BCUT2D eigenvalue weighted by atomic mass is 32.2. The smallest absolute Gasteiger partial charge is 0.406 e. The Hall–Kier alpha value is -2.96. The quantitative estimate of drug-likeness (QED) is 0.302. The second kappa shape index (κ2) is 11.4. The Labute approximate surface area is 214 Å². The lowest BCUT2D eigenvalue weighted by Gasteiger charge is -2.30. The summed E-state index contributed by atoms with van der Waals surface area (Å²) in [6, 6.07) is 13.3. The molecule has 0 bridgehead atoms. The van der Waals surface area contributed by atoms with Gasteiger partial charge in [0.2, 0.25) is 0 Å². The van der Waals surface area contributed by atoms with Crippen LogP contribution in [0.2, 0.25) is 0 Å². The van der Waals surface area contributed by atoms with Crippen molar-refractivity contribution in [3.05, 3.63) is 48.2 Å². The predicted octanol–water partition coefficient (Wildman–Crippen LogP) is 5.90. The van der Waals surface area contributed by atoms with Gasteiger partial charge in [0, 0.05) is 22.0 Å². The first-order valence-electron chi connectivity index (χ1n) is 11.9. The van der Waals surface area contributed by atoms with Crippen LogP contribution in [0.15, 0.2) is 47.4 Å². The first-order chi connectivity index (χ1) is 17.3. The number of halogens is 3. The maximum Gasteiger partial charge on any atom is 0.406 e. The molecule has 1 aromatic heterocycles. The Bertz CT molecular complexity index is 1250. The van der Waals surface area contributed by atoms with Gasteiger partial charge in [-0.15, -0.1) is 11.8 Å². The van der Waals surface area contributed by atoms with Gasteiger partial charge in [-0.25, -0.2) is 0 Å². The number of benzene rings is 2. The van der Waals surface area contributed by atoms with Crippen molar-refractivity contribution in [2.24, 2.45) is 0 Å². The third-order valence-corrected chi connectivity index (χ3v) is 7.08. The van der Waals surface area contributed by atoms with E-state index in [1.807, 2.05) is 30.5 Å². The number of rotatable bonds is 7. The molecule has 5 nitrogen and oxygen atoms in total. The number of likely N-dealkylation sites (tertiary alicyclic amines) is 1. The van der Waals surface area contributed by atoms with Crippen LogP contribution in [-0.4, -0.2) is 61.7 Å². The van der Waals surface area contributed by atoms with Crippen LogP contribution >= 0.6 is 11.8 Å². The molecule has 1 fully saturated rings. The van der Waals surface area contributed by atoms with E-state index in [1.165, 1.54) is 4.57 Å². The third kappa shape index (κ3) is 6.42. The Morgan fingerprint density at radius 2 is 1.89 bits per heavy atom. The lowest BCUT2D eigenvalue weighted by Crippen LogP contribution is -2.36. The van der Waals surface area contributed by atoms with E-state index in [9.17, 15) is 13.2 Å². The van der Waals surface area contributed by atoms with Gasteiger partial charge in [-0.05, 0) is 81.6 Å². The first kappa shape index (κ1) is 26.1. The van der Waals surface area contributed by atoms with Gasteiger partial charge >= 0.3 is 6.18 Å². The molecule has 0 saturated carbocycles. The van der Waals surface area contributed by atoms with E-state index >= 15 is 0 Å². The zero-order valence-corrected chi connectivity index (χ0v) is 21.5. The molecule has 1 aliphatic heterocycles. The molecule has 0 aliphatic carbocycles. The average Bonchev–Trinajstić information content (AvgIpc) is 3.19. The summed E-state index contributed by atoms with van der Waals surface area (Å²) in [6.45, 7) is 1.17. The summed E-state index contributed by atoms with van der Waals surface area (Å²) in [5.41, 5.74) is 2.50. The minimum Gasteiger partial charge on any atom is -0.495 e. The largest absolute Gasteiger partial charge is 0.495 e. The number of ether oxygens (including phenoxy) is 1. The molecule has 0 radical (unpaired) electrons. The number of alkyl halides is 3. The van der Waals surface area contributed by atoms with Crippen molar-refractivity contribution >= 4 is 34.0 Å². The Balaban J connectivity index is 1.60. The fourth-order valence-corrected chi connectivity index (χ4v) is 4.90. The van der Waals surface area contributed by atoms with Crippen LogP contribution in [-0.2, 0) is 6.54 Å². The van der Waals surface area contributed by atoms with Gasteiger partial charge in [-0.2, -0.15) is 13.2 Å². The van der Waals surface area contributed by atoms with Crippen molar-refractivity contribution in [3.8, 4) is 17.6 Å². The van der Waals surface area contributed by atoms with Crippen molar-refractivity contribution in [2.45, 2.75) is 36.5 Å². The van der Waals surface area contributed by atoms with Gasteiger partial charge in [0.25, 0.3) is 0 Å². The number of hydrogen-bond acceptors (Lipinski definition) is 5. The summed E-state index contributed by atoms with van der Waals surface area (Å²) in [5, 5.41) is 7.54. The Morgan fingerprint density at radius 3 is 2.58 bits per heavy atom. The highest BCUT2D eigenvalue weighted by Gasteiger charge is 2.30. The molecule has 0 atom stereocenters. The molecule has 2 heterocycles. The molecular formula is C27H31F3N4OS. The maximum absolute atomic E-state index is 13.5. The van der Waals surface area contributed by atoms with Crippen LogP contribution in [0.1, 0.15) is 18.5 Å². The number of methoxy groups -OCH3 is 1. The number of nitrogens with zero attached hydrogens (tertiary/aromatic N) is 2. The maximum atomic E-state index is 13.5. The lowest BCUT2D eigenvalue weighted by atomic mass is 10.0. The van der Waals surface area contributed by atoms with Crippen LogP contribution in [0.5, 0.6) is 5.75 Å². The molecule has 2 aromatic carbocycles. The molecule has 0 spiro atoms. The molecule has 192 valence electrons. The average molecular weight is 517 g/mol. The second-order valence-corrected chi connectivity index (χ2v) is 9.79. The SMILES string of the molecule is COc1ccc(SC)cc1NCC#Cc1cc2c(NC3CCN(C)CC3)cccc2n1CC(F)(F)F. The summed E-state index contributed by atoms with van der Waals surface area (Å²) in [5.74, 6) is 6.65. The molecule has 3 aromatic rings. The monoisotopic (exact) mass is 516 g/mol. The molecule has 0 unspecified atom stereocenters. The van der Waals surface area contributed by atoms with Crippen molar-refractivity contribution in [1.29, 1.82) is 0 Å². The highest BCUT2D eigenvalue weighted by molar-refractivity contribution is 7.98. The lowest BCUT2D eigenvalue weighted by molar-refractivity contribution is -0.140. The molecule has 36 heavy (non-hydrogen) atoms. The van der Waals surface area contributed by atoms with Crippen LogP contribution in [0.4, 0.5) is 24.5 Å². The Morgan fingerprint density at radius 1 is 1.11 bits per heavy atom. The summed E-state index contributed by atoms with van der Waals surface area (Å²) < 4.78 is 47.1. The minimum absolute atomic E-state index is 0.266. The van der Waals surface area contributed by atoms with E-state index in [0.29, 0.717) is 23.0 Å². The zero-order chi connectivity index (χ0) is 25.7. The topological polar surface area (TPSA) is 41.5 Å². The van der Waals surface area contributed by atoms with Crippen molar-refractivity contribution in [3.63, 3.8) is 0 Å². The van der Waals surface area contributed by atoms with E-state index < -0.39 is 12.7 Å². The summed E-state index contributed by atoms with van der Waals surface area (Å²) in [4.78, 5) is 3.36. The van der Waals surface area contributed by atoms with Gasteiger partial charge in [0.05, 0.1) is 30.6 Å². The van der Waals surface area contributed by atoms with Gasteiger partial charge in [-0.3, -0.25) is 0 Å². The van der Waals surface area contributed by atoms with Crippen molar-refractivity contribution < 1.29 is 17.9 Å². The summed E-state index contributed by atoms with van der Waals surface area (Å²) >= 11 is 1.61. The molecule has 1 saturated heterocycles. The number of thioether (sulfide) groups is 1. The Kier molecular flexibility index (Phi) is 8.27. The normalized spacial score (nSPS) is 14.9. The third-order valence-electron chi connectivity index (χ3n) is 6.35. The fourth-order valence-electron chi connectivity index (χ4n) is 4.46. The number of aromatic nitrogens is 1. The van der Waals surface area contributed by atoms with Gasteiger partial charge in [0.15, 0.2) is 0 Å². The van der Waals surface area contributed by atoms with Crippen LogP contribution in [0, 0.1) is 11.8 Å². The van der Waals surface area contributed by atoms with E-state index in [-0.39, 0.29) is 6.54 Å². The van der Waals surface area contributed by atoms with Gasteiger partial charge in [-0.1, -0.05) is 12.0 Å². The van der Waals surface area contributed by atoms with Crippen LogP contribution in [0.25, 0.3) is 10.9 Å². The van der Waals surface area contributed by atoms with E-state index in [4.69, 9.17) is 4.74 Å². The van der Waals surface area contributed by atoms with Gasteiger partial charge in [0.1, 0.15) is 12.3 Å². The van der Waals surface area contributed by atoms with Crippen LogP contribution in [0.3, 0.4) is 0 Å². The van der Waals surface area contributed by atoms with E-state index in [1.54, 1.807) is 37.1 Å². The number of nitrogens with one attached hydrogen (secondary N) is 2. The van der Waals surface area contributed by atoms with Crippen molar-refractivity contribution in [2.75, 3.05) is 50.7 Å². The molecular weight excluding hydrogens is 485 g/mol. The van der Waals surface area contributed by atoms with E-state index in [0.717, 1.165) is 47.6 Å². The standard InChI is InChI=1S/C27H31F3N4OS/c1-33-14-11-19(12-15-33)32-23-7-4-8-25-22(23)16-20(34(25)18-27(28,29)30)6-5-13-31-24-17-21(36-3)9-10-26(24)35-2/h4,7-10,16-17,19,31-32H,11-15,18H2,1-3H3. The molecule has 0 amide bonds. The predicted molar refractivity (Wildman–Crippen MR) is 142 cm³/mol. The number of piperidine rings is 1. The number of fused-ring (bicyclic) bond motifs is 1. The number of anilines is 2. The summed E-state index contributed by atoms with van der Waals surface area (Å²) in [7, 11) is 3.70. The zero-order valence-electron chi connectivity index (χ0n) is 20.7. The molecule has 9 heteroatoms. The minimum atomic E-state index is -4.36. The number of hydrogen-bond donors (Lipinski definition) is 2. The second-order valence-electron chi connectivity index (χ2n) is 8.91. The molecule has 1 aliphatic rings. The molecule has 2 N–H and O–H groups in total. The van der Waals surface area contributed by atoms with Crippen LogP contribution < -0.4 is 15.4 Å². The molecule has 4 rings (SSSR count). The highest BCUT2D eigenvalue weighted by Crippen LogP contribution is 2.32. The van der Waals surface area contributed by atoms with Crippen molar-refractivity contribution in [1.82, 2.24) is 9.47 Å².